The van der Waals surface area contributed by atoms with E-state index < -0.39 is 5.91 Å². The highest BCUT2D eigenvalue weighted by Gasteiger charge is 2.13. The number of nitrogens with two attached hydrogens (primary N) is 1. The van der Waals surface area contributed by atoms with E-state index in [2.05, 4.69) is 10.4 Å². The van der Waals surface area contributed by atoms with Crippen LogP contribution >= 0.6 is 0 Å². The van der Waals surface area contributed by atoms with Crippen LogP contribution in [-0.2, 0) is 0 Å². The number of rotatable bonds is 3. The van der Waals surface area contributed by atoms with Gasteiger partial charge in [0.2, 0.25) is 0 Å². The minimum absolute atomic E-state index is 0.361. The zero-order valence-corrected chi connectivity index (χ0v) is 10.1. The molecule has 0 aliphatic heterocycles. The van der Waals surface area contributed by atoms with Gasteiger partial charge in [0.25, 0.3) is 5.91 Å². The Morgan fingerprint density at radius 2 is 2.28 bits per heavy atom. The summed E-state index contributed by atoms with van der Waals surface area (Å²) < 4.78 is 10.6. The monoisotopic (exact) mass is 247 g/mol. The summed E-state index contributed by atoms with van der Waals surface area (Å²) in [6.45, 7) is 1.76. The fraction of sp³-hybridized carbons (Fsp3) is 0.167. The number of hydrogen-bond donors (Lipinski definition) is 2. The van der Waals surface area contributed by atoms with Gasteiger partial charge in [-0.2, -0.15) is 0 Å². The number of benzene rings is 1. The predicted molar refractivity (Wildman–Crippen MR) is 64.9 cm³/mol. The maximum absolute atomic E-state index is 11.5. The first kappa shape index (κ1) is 12.1. The van der Waals surface area contributed by atoms with Crippen LogP contribution in [0.3, 0.4) is 0 Å². The number of nitrogens with zero attached hydrogens (tertiary/aromatic N) is 1. The molecule has 0 unspecified atom stereocenters. The van der Waals surface area contributed by atoms with Crippen LogP contribution < -0.4 is 16.0 Å². The molecule has 0 fully saturated rings. The second kappa shape index (κ2) is 4.89. The lowest BCUT2D eigenvalue weighted by molar-refractivity contribution is 0.0950. The van der Waals surface area contributed by atoms with Crippen molar-refractivity contribution in [2.75, 3.05) is 7.11 Å². The second-order valence-electron chi connectivity index (χ2n) is 3.63. The van der Waals surface area contributed by atoms with Crippen molar-refractivity contribution in [1.82, 2.24) is 10.4 Å². The van der Waals surface area contributed by atoms with E-state index in [-0.39, 0.29) is 0 Å². The number of carbonyl (C=O) groups is 1. The lowest BCUT2D eigenvalue weighted by atomic mass is 10.1. The number of ether oxygens (including phenoxy) is 1. The van der Waals surface area contributed by atoms with Crippen molar-refractivity contribution < 1.29 is 13.9 Å². The van der Waals surface area contributed by atoms with E-state index in [1.165, 1.54) is 7.11 Å². The van der Waals surface area contributed by atoms with Crippen LogP contribution in [0.15, 0.2) is 28.8 Å². The average Bonchev–Trinajstić information content (AvgIpc) is 2.83. The van der Waals surface area contributed by atoms with Crippen molar-refractivity contribution in [3.05, 3.63) is 35.9 Å². The molecule has 0 aliphatic rings. The largest absolute Gasteiger partial charge is 0.496 e. The molecule has 2 rings (SSSR count). The second-order valence-corrected chi connectivity index (χ2v) is 3.63. The summed E-state index contributed by atoms with van der Waals surface area (Å²) in [5.41, 5.74) is 3.20. The third kappa shape index (κ3) is 2.18. The van der Waals surface area contributed by atoms with Gasteiger partial charge in [0, 0.05) is 12.5 Å². The van der Waals surface area contributed by atoms with Crippen LogP contribution in [0.2, 0.25) is 0 Å². The molecule has 0 bridgehead atoms. The lowest BCUT2D eigenvalue weighted by Crippen LogP contribution is -2.30. The van der Waals surface area contributed by atoms with Crippen LogP contribution in [0, 0.1) is 6.92 Å². The van der Waals surface area contributed by atoms with Gasteiger partial charge in [0.1, 0.15) is 5.75 Å². The Bertz CT molecular complexity index is 578. The molecule has 0 atom stereocenters. The van der Waals surface area contributed by atoms with Crippen LogP contribution in [0.5, 0.6) is 5.75 Å². The van der Waals surface area contributed by atoms with E-state index in [4.69, 9.17) is 15.0 Å². The number of oxazole rings is 1. The van der Waals surface area contributed by atoms with Crippen LogP contribution in [-0.4, -0.2) is 18.0 Å². The first-order valence-corrected chi connectivity index (χ1v) is 5.27. The third-order valence-electron chi connectivity index (χ3n) is 2.48. The molecule has 6 nitrogen and oxygen atoms in total. The zero-order valence-electron chi connectivity index (χ0n) is 10.1. The number of hydrazine groups is 1. The Morgan fingerprint density at radius 1 is 1.50 bits per heavy atom. The van der Waals surface area contributed by atoms with Crippen molar-refractivity contribution in [2.45, 2.75) is 6.92 Å². The molecule has 1 aromatic heterocycles. The first-order chi connectivity index (χ1) is 8.65. The summed E-state index contributed by atoms with van der Waals surface area (Å²) in [7, 11) is 1.48. The molecule has 3 N–H and O–H groups in total. The Kier molecular flexibility index (Phi) is 3.29. The molecule has 94 valence electrons. The van der Waals surface area contributed by atoms with Crippen LogP contribution in [0.4, 0.5) is 0 Å². The number of methoxy groups -OCH3 is 1. The van der Waals surface area contributed by atoms with Crippen molar-refractivity contribution in [3.63, 3.8) is 0 Å². The molecule has 2 aromatic rings. The van der Waals surface area contributed by atoms with Gasteiger partial charge in [0.15, 0.2) is 11.7 Å². The molecular weight excluding hydrogens is 234 g/mol. The van der Waals surface area contributed by atoms with Gasteiger partial charge in [0.05, 0.1) is 18.9 Å². The molecule has 0 aliphatic carbocycles. The number of hydrogen-bond acceptors (Lipinski definition) is 5. The smallest absolute Gasteiger partial charge is 0.268 e. The SMILES string of the molecule is COc1cc(-c2cnc(C)o2)ccc1C(=O)NN. The molecule has 6 heteroatoms. The van der Waals surface area contributed by atoms with Crippen LogP contribution in [0.1, 0.15) is 16.2 Å². The predicted octanol–water partition coefficient (Wildman–Crippen LogP) is 1.26. The molecule has 1 aromatic carbocycles. The maximum atomic E-state index is 11.5. The quantitative estimate of drug-likeness (QED) is 0.484. The van der Waals surface area contributed by atoms with E-state index in [1.807, 2.05) is 0 Å². The summed E-state index contributed by atoms with van der Waals surface area (Å²) >= 11 is 0. The summed E-state index contributed by atoms with van der Waals surface area (Å²) in [6.07, 6.45) is 1.62. The van der Waals surface area contributed by atoms with Gasteiger partial charge in [-0.3, -0.25) is 10.2 Å². The number of aromatic nitrogens is 1. The van der Waals surface area contributed by atoms with Crippen molar-refractivity contribution >= 4 is 5.91 Å². The topological polar surface area (TPSA) is 90.4 Å². The van der Waals surface area contributed by atoms with Gasteiger partial charge in [-0.1, -0.05) is 6.07 Å². The Balaban J connectivity index is 2.44. The molecule has 18 heavy (non-hydrogen) atoms. The van der Waals surface area contributed by atoms with Crippen molar-refractivity contribution in [3.8, 4) is 17.1 Å². The zero-order chi connectivity index (χ0) is 13.1. The molecule has 0 radical (unpaired) electrons. The van der Waals surface area contributed by atoms with E-state index in [0.29, 0.717) is 23.0 Å². The summed E-state index contributed by atoms with van der Waals surface area (Å²) in [5, 5.41) is 0. The molecule has 0 spiro atoms. The minimum atomic E-state index is -0.410. The van der Waals surface area contributed by atoms with Gasteiger partial charge < -0.3 is 9.15 Å². The van der Waals surface area contributed by atoms with Gasteiger partial charge in [-0.05, 0) is 12.1 Å². The minimum Gasteiger partial charge on any atom is -0.496 e. The Labute approximate surface area is 104 Å². The number of carbonyl (C=O) groups excluding carboxylic acids is 1. The highest BCUT2D eigenvalue weighted by Crippen LogP contribution is 2.27. The van der Waals surface area contributed by atoms with E-state index in [0.717, 1.165) is 5.56 Å². The van der Waals surface area contributed by atoms with Gasteiger partial charge in [-0.25, -0.2) is 10.8 Å². The standard InChI is InChI=1S/C12H13N3O3/c1-7-14-6-11(18-7)8-3-4-9(12(16)15-13)10(5-8)17-2/h3-6H,13H2,1-2H3,(H,15,16). The normalized spacial score (nSPS) is 10.2. The molecule has 1 amide bonds. The van der Waals surface area contributed by atoms with Crippen LogP contribution in [0.25, 0.3) is 11.3 Å². The number of amides is 1. The summed E-state index contributed by atoms with van der Waals surface area (Å²) in [6, 6.07) is 5.06. The van der Waals surface area contributed by atoms with E-state index >= 15 is 0 Å². The van der Waals surface area contributed by atoms with Crippen molar-refractivity contribution in [1.29, 1.82) is 0 Å². The highest BCUT2D eigenvalue weighted by molar-refractivity contribution is 5.97. The fourth-order valence-electron chi connectivity index (χ4n) is 1.60. The fourth-order valence-corrected chi connectivity index (χ4v) is 1.60. The molecular formula is C12H13N3O3. The average molecular weight is 247 g/mol. The van der Waals surface area contributed by atoms with E-state index in [1.54, 1.807) is 31.3 Å². The maximum Gasteiger partial charge on any atom is 0.268 e. The third-order valence-corrected chi connectivity index (χ3v) is 2.48. The lowest BCUT2D eigenvalue weighted by Gasteiger charge is -2.08. The van der Waals surface area contributed by atoms with E-state index in [9.17, 15) is 4.79 Å². The Morgan fingerprint density at radius 3 is 2.83 bits per heavy atom. The first-order valence-electron chi connectivity index (χ1n) is 5.27. The number of nitrogens with one attached hydrogen (secondary N) is 1. The summed E-state index contributed by atoms with van der Waals surface area (Å²) in [4.78, 5) is 15.5. The summed E-state index contributed by atoms with van der Waals surface area (Å²) in [5.74, 6) is 6.30. The molecule has 1 heterocycles. The number of nitrogen functional groups attached to an aromatic ring is 1. The molecule has 0 saturated heterocycles. The highest BCUT2D eigenvalue weighted by atomic mass is 16.5. The molecule has 0 saturated carbocycles. The number of aryl methyl sites for hydroxylation is 1. The van der Waals surface area contributed by atoms with Crippen molar-refractivity contribution in [2.24, 2.45) is 5.84 Å². The Hall–Kier alpha value is -2.34. The van der Waals surface area contributed by atoms with Gasteiger partial charge >= 0.3 is 0 Å². The van der Waals surface area contributed by atoms with Gasteiger partial charge in [-0.15, -0.1) is 0 Å².